The molecular weight excluding hydrogens is 858 g/mol. The Morgan fingerprint density at radius 1 is 0.859 bits per heavy atom. The minimum atomic E-state index is -4.85. The number of halogens is 5. The van der Waals surface area contributed by atoms with Crippen LogP contribution in [0, 0.1) is 23.0 Å². The highest BCUT2D eigenvalue weighted by molar-refractivity contribution is 7.81. The Morgan fingerprint density at radius 3 is 2.20 bits per heavy atom. The van der Waals surface area contributed by atoms with Crippen molar-refractivity contribution < 1.29 is 50.9 Å². The monoisotopic (exact) mass is 909 g/mol. The molecule has 0 unspecified atom stereocenters. The number of aliphatic hydroxyl groups is 1. The largest absolute Gasteiger partial charge is 0.491 e. The quantitative estimate of drug-likeness (QED) is 0.0356. The van der Waals surface area contributed by atoms with Gasteiger partial charge in [0.25, 0.3) is 11.8 Å². The maximum atomic E-state index is 15.3. The molecule has 1 aliphatic heterocycles. The lowest BCUT2D eigenvalue weighted by atomic mass is 10.0. The number of carbonyl (C=O) groups is 2. The molecule has 4 aromatic carbocycles. The molecule has 0 aromatic heterocycles. The Bertz CT molecular complexity index is 2250. The van der Waals surface area contributed by atoms with Crippen LogP contribution < -0.4 is 29.9 Å². The zero-order valence-electron chi connectivity index (χ0n) is 35.7. The van der Waals surface area contributed by atoms with E-state index in [9.17, 15) is 32.3 Å². The molecule has 0 saturated carbocycles. The zero-order valence-corrected chi connectivity index (χ0v) is 36.5. The van der Waals surface area contributed by atoms with E-state index in [0.717, 1.165) is 67.7 Å². The van der Waals surface area contributed by atoms with Gasteiger partial charge in [0, 0.05) is 38.1 Å². The summed E-state index contributed by atoms with van der Waals surface area (Å²) in [6, 6.07) is 21.3. The fraction of sp³-hybridized carbons (Fsp3) is 0.404. The van der Waals surface area contributed by atoms with Crippen molar-refractivity contribution in [1.29, 1.82) is 5.26 Å². The molecule has 1 fully saturated rings. The molecule has 4 aromatic rings. The number of ether oxygens (including phenoxy) is 3. The normalized spacial score (nSPS) is 14.1. The van der Waals surface area contributed by atoms with Crippen LogP contribution in [0.3, 0.4) is 0 Å². The predicted molar refractivity (Wildman–Crippen MR) is 236 cm³/mol. The summed E-state index contributed by atoms with van der Waals surface area (Å²) in [5.41, 5.74) is -2.67. The number of amides is 2. The molecule has 0 bridgehead atoms. The topological polar surface area (TPSA) is 136 Å². The van der Waals surface area contributed by atoms with E-state index >= 15 is 4.39 Å². The highest BCUT2D eigenvalue weighted by Gasteiger charge is 2.51. The molecule has 0 spiro atoms. The van der Waals surface area contributed by atoms with Crippen molar-refractivity contribution in [2.45, 2.75) is 83.2 Å². The Kier molecular flexibility index (Phi) is 18.0. The van der Waals surface area contributed by atoms with E-state index in [4.69, 9.17) is 31.7 Å². The van der Waals surface area contributed by atoms with Crippen LogP contribution in [-0.4, -0.2) is 73.1 Å². The summed E-state index contributed by atoms with van der Waals surface area (Å²) in [6.45, 7) is 6.18. The molecule has 1 saturated heterocycles. The summed E-state index contributed by atoms with van der Waals surface area (Å²) < 4.78 is 86.7. The minimum Gasteiger partial charge on any atom is -0.491 e. The third kappa shape index (κ3) is 13.7. The number of anilines is 2. The molecule has 3 N–H and O–H groups in total. The lowest BCUT2D eigenvalue weighted by Gasteiger charge is -2.29. The summed E-state index contributed by atoms with van der Waals surface area (Å²) >= 11 is 5.52. The Morgan fingerprint density at radius 2 is 1.52 bits per heavy atom. The third-order valence-corrected chi connectivity index (χ3v) is 10.8. The fourth-order valence-corrected chi connectivity index (χ4v) is 7.44. The number of hydrogen-bond donors (Lipinski definition) is 3. The third-order valence-electron chi connectivity index (χ3n) is 10.4. The van der Waals surface area contributed by atoms with Gasteiger partial charge in [-0.2, -0.15) is 18.4 Å². The molecular formula is C47H52F5N5O6S. The van der Waals surface area contributed by atoms with Crippen molar-refractivity contribution >= 4 is 40.5 Å². The van der Waals surface area contributed by atoms with Crippen molar-refractivity contribution in [2.75, 3.05) is 49.3 Å². The Balaban J connectivity index is 0.896. The number of nitrogens with one attached hydrogen (secondary N) is 2. The number of rotatable bonds is 24. The predicted octanol–water partition coefficient (Wildman–Crippen LogP) is 8.86. The van der Waals surface area contributed by atoms with Gasteiger partial charge in [-0.3, -0.25) is 14.5 Å². The van der Waals surface area contributed by atoms with Gasteiger partial charge in [-0.15, -0.1) is 0 Å². The fourth-order valence-electron chi connectivity index (χ4n) is 6.92. The van der Waals surface area contributed by atoms with Crippen LogP contribution in [0.15, 0.2) is 84.9 Å². The van der Waals surface area contributed by atoms with Gasteiger partial charge in [-0.25, -0.2) is 8.78 Å². The summed E-state index contributed by atoms with van der Waals surface area (Å²) in [5, 5.41) is 25.3. The van der Waals surface area contributed by atoms with Crippen molar-refractivity contribution in [1.82, 2.24) is 10.6 Å². The van der Waals surface area contributed by atoms with Gasteiger partial charge in [0.2, 0.25) is 0 Å². The molecule has 17 heteroatoms. The van der Waals surface area contributed by atoms with Crippen molar-refractivity contribution in [2.24, 2.45) is 0 Å². The van der Waals surface area contributed by atoms with Gasteiger partial charge >= 0.3 is 6.18 Å². The number of alkyl halides is 3. The highest BCUT2D eigenvalue weighted by Crippen LogP contribution is 2.40. The summed E-state index contributed by atoms with van der Waals surface area (Å²) in [6.07, 6.45) is 0.572. The molecule has 0 radical (unpaired) electrons. The maximum Gasteiger partial charge on any atom is 0.417 e. The molecule has 1 aliphatic rings. The van der Waals surface area contributed by atoms with Crippen LogP contribution in [0.2, 0.25) is 0 Å². The van der Waals surface area contributed by atoms with Crippen LogP contribution in [0.25, 0.3) is 0 Å². The lowest BCUT2D eigenvalue weighted by molar-refractivity contribution is -0.137. The van der Waals surface area contributed by atoms with Gasteiger partial charge in [0.15, 0.2) is 5.11 Å². The summed E-state index contributed by atoms with van der Waals surface area (Å²) in [7, 11) is 0. The first-order valence-electron chi connectivity index (χ1n) is 21.0. The van der Waals surface area contributed by atoms with E-state index in [1.54, 1.807) is 36.4 Å². The van der Waals surface area contributed by atoms with Crippen LogP contribution in [0.5, 0.6) is 11.5 Å². The molecule has 1 heterocycles. The minimum absolute atomic E-state index is 0.127. The number of aliphatic hydroxyl groups excluding tert-OH is 1. The van der Waals surface area contributed by atoms with E-state index in [0.29, 0.717) is 56.9 Å². The Hall–Kier alpha value is -5.67. The molecule has 1 atom stereocenters. The van der Waals surface area contributed by atoms with E-state index < -0.39 is 46.6 Å². The van der Waals surface area contributed by atoms with E-state index in [-0.39, 0.29) is 34.5 Å². The average molecular weight is 910 g/mol. The van der Waals surface area contributed by atoms with Crippen LogP contribution >= 0.6 is 12.2 Å². The van der Waals surface area contributed by atoms with Crippen molar-refractivity contribution in [3.05, 3.63) is 119 Å². The van der Waals surface area contributed by atoms with Crippen LogP contribution in [0.1, 0.15) is 85.8 Å². The maximum absolute atomic E-state index is 15.3. The van der Waals surface area contributed by atoms with Gasteiger partial charge < -0.3 is 34.9 Å². The number of benzene rings is 4. The first-order chi connectivity index (χ1) is 30.6. The van der Waals surface area contributed by atoms with Crippen LogP contribution in [-0.2, 0) is 22.3 Å². The molecule has 5 rings (SSSR count). The van der Waals surface area contributed by atoms with Gasteiger partial charge in [0.1, 0.15) is 48.0 Å². The molecule has 342 valence electrons. The van der Waals surface area contributed by atoms with Crippen molar-refractivity contribution in [3.63, 3.8) is 0 Å². The number of unbranched alkanes of at least 4 members (excludes halogenated alkanes) is 5. The smallest absolute Gasteiger partial charge is 0.417 e. The van der Waals surface area contributed by atoms with E-state index in [1.165, 1.54) is 55.1 Å². The second kappa shape index (κ2) is 23.3. The number of carbonyl (C=O) groups excluding carboxylic acids is 2. The molecule has 11 nitrogen and oxygen atoms in total. The molecule has 2 amide bonds. The summed E-state index contributed by atoms with van der Waals surface area (Å²) in [4.78, 5) is 28.5. The highest BCUT2D eigenvalue weighted by atomic mass is 32.1. The molecule has 64 heavy (non-hydrogen) atoms. The second-order valence-corrected chi connectivity index (χ2v) is 16.1. The first kappa shape index (κ1) is 49.3. The number of nitrogens with zero attached hydrogens (tertiary/aromatic N) is 3. The number of thiocarbonyl (C=S) groups is 1. The van der Waals surface area contributed by atoms with Gasteiger partial charge in [-0.1, -0.05) is 31.0 Å². The SMILES string of the molecule is CC1(C)C(=O)N(c2ccc(C#N)c(C(F)(F)F)c2)C(=S)N1c1ccc(C(=O)NCCCCCCOCCCCCNC[C@@H](O)COc2cccc(OCc3ccc(F)cc3)c2)c(F)c1. The standard InChI is InChI=1S/C47H52F5N5O6S/c1-46(2)44(60)56(35-18-15-33(28-53)41(25-35)47(50,51)52)45(64)57(46)36-19-20-40(42(49)26-36)43(59)55-22-7-3-4-8-23-61-24-9-5-6-21-54-29-37(58)31-63-39-12-10-11-38(27-39)62-30-32-13-16-34(48)17-14-32/h10-20,25-27,37,54,58H,3-9,21-24,29-31H2,1-2H3,(H,55,59)/t37-/m1/s1. The number of nitriles is 1. The summed E-state index contributed by atoms with van der Waals surface area (Å²) in [5.74, 6) is -1.25. The zero-order chi connectivity index (χ0) is 46.3. The first-order valence-corrected chi connectivity index (χ1v) is 21.5. The van der Waals surface area contributed by atoms with Crippen molar-refractivity contribution in [3.8, 4) is 17.6 Å². The van der Waals surface area contributed by atoms with E-state index in [2.05, 4.69) is 10.6 Å². The Labute approximate surface area is 375 Å². The second-order valence-electron chi connectivity index (χ2n) is 15.7. The van der Waals surface area contributed by atoms with Gasteiger partial charge in [-0.05, 0) is 131 Å². The van der Waals surface area contributed by atoms with Crippen LogP contribution in [0.4, 0.5) is 33.3 Å². The molecule has 0 aliphatic carbocycles. The van der Waals surface area contributed by atoms with Gasteiger partial charge in [0.05, 0.1) is 28.4 Å². The average Bonchev–Trinajstić information content (AvgIpc) is 3.44. The lowest BCUT2D eigenvalue weighted by Crippen LogP contribution is -2.44. The van der Waals surface area contributed by atoms with E-state index in [1.807, 2.05) is 0 Å². The number of hydrogen-bond acceptors (Lipinski definition) is 9.